The number of hydrogen-bond donors (Lipinski definition) is 1. The first-order chi connectivity index (χ1) is 13.3. The molecule has 3 rings (SSSR count). The van der Waals surface area contributed by atoms with E-state index in [-0.39, 0.29) is 0 Å². The van der Waals surface area contributed by atoms with Crippen LogP contribution < -0.4 is 9.47 Å². The van der Waals surface area contributed by atoms with Crippen LogP contribution in [0.4, 0.5) is 0 Å². The van der Waals surface area contributed by atoms with Crippen molar-refractivity contribution >= 4 is 71.9 Å². The molecule has 146 valence electrons. The highest BCUT2D eigenvalue weighted by Gasteiger charge is 2.19. The fraction of sp³-hybridized carbons (Fsp3) is 0.158. The molecule has 28 heavy (non-hydrogen) atoms. The van der Waals surface area contributed by atoms with Crippen LogP contribution in [0.25, 0.3) is 10.9 Å². The molecule has 3 aromatic rings. The van der Waals surface area contributed by atoms with Crippen molar-refractivity contribution in [1.29, 1.82) is 0 Å². The third-order valence-corrected chi connectivity index (χ3v) is 5.50. The molecule has 0 fully saturated rings. The number of rotatable bonds is 6. The van der Waals surface area contributed by atoms with Gasteiger partial charge in [-0.2, -0.15) is 0 Å². The average Bonchev–Trinajstić information content (AvgIpc) is 2.62. The number of carboxylic acid groups (broad SMARTS) is 1. The topological polar surface area (TPSA) is 68.7 Å². The minimum absolute atomic E-state index is 0.319. The molecule has 1 heterocycles. The van der Waals surface area contributed by atoms with E-state index in [0.717, 1.165) is 0 Å². The number of pyridine rings is 1. The van der Waals surface area contributed by atoms with E-state index in [9.17, 15) is 4.79 Å². The van der Waals surface area contributed by atoms with Crippen LogP contribution in [0.3, 0.4) is 0 Å². The van der Waals surface area contributed by atoms with Crippen molar-refractivity contribution in [3.63, 3.8) is 0 Å². The number of carboxylic acids is 1. The van der Waals surface area contributed by atoms with Gasteiger partial charge in [0.15, 0.2) is 11.9 Å². The predicted molar refractivity (Wildman–Crippen MR) is 116 cm³/mol. The summed E-state index contributed by atoms with van der Waals surface area (Å²) in [6.45, 7) is 1.74. The highest BCUT2D eigenvalue weighted by Crippen LogP contribution is 2.41. The zero-order chi connectivity index (χ0) is 20.4. The number of aromatic nitrogens is 1. The van der Waals surface area contributed by atoms with Crippen LogP contribution in [0.1, 0.15) is 13.3 Å². The Hall–Kier alpha value is -1.54. The van der Waals surface area contributed by atoms with Gasteiger partial charge in [0.1, 0.15) is 16.7 Å². The summed E-state index contributed by atoms with van der Waals surface area (Å²) in [6.07, 6.45) is -0.578. The molecule has 0 aliphatic carbocycles. The Morgan fingerprint density at radius 3 is 2.43 bits per heavy atom. The molecule has 0 bridgehead atoms. The van der Waals surface area contributed by atoms with Crippen LogP contribution in [0.2, 0.25) is 10.2 Å². The average molecular weight is 550 g/mol. The van der Waals surface area contributed by atoms with Gasteiger partial charge in [0, 0.05) is 5.39 Å². The van der Waals surface area contributed by atoms with Crippen molar-refractivity contribution < 1.29 is 19.4 Å². The van der Waals surface area contributed by atoms with Gasteiger partial charge in [-0.3, -0.25) is 0 Å². The van der Waals surface area contributed by atoms with Gasteiger partial charge in [0.25, 0.3) is 0 Å². The first-order valence-corrected chi connectivity index (χ1v) is 10.4. The standard InChI is InChI=1S/C19H13Br2Cl2NO4/c1-2-16(19(25)26)27-10-6-12(20)18(13(21)7-10)28-9-3-4-15-11(5-9)14(22)8-17(23)24-15/h3-8,16H,2H2,1H3,(H,25,26). The van der Waals surface area contributed by atoms with Crippen LogP contribution in [-0.2, 0) is 4.79 Å². The van der Waals surface area contributed by atoms with Gasteiger partial charge in [-0.15, -0.1) is 0 Å². The molecule has 0 aliphatic heterocycles. The van der Waals surface area contributed by atoms with E-state index in [2.05, 4.69) is 36.8 Å². The van der Waals surface area contributed by atoms with Crippen LogP contribution in [0.15, 0.2) is 45.3 Å². The monoisotopic (exact) mass is 547 g/mol. The molecule has 9 heteroatoms. The van der Waals surface area contributed by atoms with Gasteiger partial charge < -0.3 is 14.6 Å². The van der Waals surface area contributed by atoms with Crippen LogP contribution in [0.5, 0.6) is 17.2 Å². The number of fused-ring (bicyclic) bond motifs is 1. The minimum atomic E-state index is -1.02. The normalized spacial score (nSPS) is 12.0. The molecule has 1 aromatic heterocycles. The Morgan fingerprint density at radius 2 is 1.82 bits per heavy atom. The van der Waals surface area contributed by atoms with Gasteiger partial charge in [0.05, 0.1) is 19.5 Å². The molecule has 2 aromatic carbocycles. The molecule has 1 unspecified atom stereocenters. The summed E-state index contributed by atoms with van der Waals surface area (Å²) in [6, 6.07) is 10.2. The lowest BCUT2D eigenvalue weighted by Gasteiger charge is -2.16. The van der Waals surface area contributed by atoms with Crippen molar-refractivity contribution in [2.45, 2.75) is 19.4 Å². The van der Waals surface area contributed by atoms with E-state index in [0.29, 0.717) is 53.7 Å². The fourth-order valence-electron chi connectivity index (χ4n) is 2.49. The lowest BCUT2D eigenvalue weighted by Crippen LogP contribution is -2.25. The van der Waals surface area contributed by atoms with Crippen LogP contribution in [0, 0.1) is 0 Å². The minimum Gasteiger partial charge on any atom is -0.479 e. The number of halogens is 4. The number of nitrogens with zero attached hydrogens (tertiary/aromatic N) is 1. The van der Waals surface area contributed by atoms with E-state index in [1.807, 2.05) is 0 Å². The Balaban J connectivity index is 1.90. The van der Waals surface area contributed by atoms with E-state index >= 15 is 0 Å². The Labute approximate surface area is 187 Å². The predicted octanol–water partition coefficient (Wildman–Crippen LogP) is 7.10. The number of carbonyl (C=O) groups is 1. The SMILES string of the molecule is CCC(Oc1cc(Br)c(Oc2ccc3nc(Cl)cc(Cl)c3c2)c(Br)c1)C(=O)O. The molecule has 1 N–H and O–H groups in total. The second-order valence-electron chi connectivity index (χ2n) is 5.78. The largest absolute Gasteiger partial charge is 0.479 e. The van der Waals surface area contributed by atoms with E-state index < -0.39 is 12.1 Å². The highest BCUT2D eigenvalue weighted by atomic mass is 79.9. The van der Waals surface area contributed by atoms with Crippen LogP contribution >= 0.6 is 55.1 Å². The zero-order valence-electron chi connectivity index (χ0n) is 14.4. The zero-order valence-corrected chi connectivity index (χ0v) is 19.1. The third-order valence-electron chi connectivity index (χ3n) is 3.81. The number of aliphatic carboxylic acids is 1. The molecule has 0 saturated carbocycles. The van der Waals surface area contributed by atoms with Crippen molar-refractivity contribution in [2.24, 2.45) is 0 Å². The summed E-state index contributed by atoms with van der Waals surface area (Å²) >= 11 is 19.1. The van der Waals surface area contributed by atoms with Gasteiger partial charge in [-0.05, 0) is 74.7 Å². The summed E-state index contributed by atoms with van der Waals surface area (Å²) in [5.74, 6) is 0.441. The van der Waals surface area contributed by atoms with E-state index in [4.69, 9.17) is 37.8 Å². The third kappa shape index (κ3) is 4.71. The summed E-state index contributed by atoms with van der Waals surface area (Å²) in [4.78, 5) is 15.4. The van der Waals surface area contributed by atoms with Gasteiger partial charge in [-0.1, -0.05) is 30.1 Å². The van der Waals surface area contributed by atoms with Gasteiger partial charge >= 0.3 is 5.97 Å². The molecule has 0 radical (unpaired) electrons. The lowest BCUT2D eigenvalue weighted by molar-refractivity contribution is -0.145. The number of ether oxygens (including phenoxy) is 2. The summed E-state index contributed by atoms with van der Waals surface area (Å²) in [5.41, 5.74) is 0.658. The molecule has 1 atom stereocenters. The maximum absolute atomic E-state index is 11.2. The first-order valence-electron chi connectivity index (χ1n) is 8.10. The second-order valence-corrected chi connectivity index (χ2v) is 8.28. The second kappa shape index (κ2) is 8.86. The van der Waals surface area contributed by atoms with Crippen molar-refractivity contribution in [3.8, 4) is 17.2 Å². The van der Waals surface area contributed by atoms with Gasteiger partial charge in [0.2, 0.25) is 0 Å². The van der Waals surface area contributed by atoms with Crippen molar-refractivity contribution in [1.82, 2.24) is 4.98 Å². The van der Waals surface area contributed by atoms with E-state index in [1.165, 1.54) is 0 Å². The fourth-order valence-corrected chi connectivity index (χ4v) is 4.31. The van der Waals surface area contributed by atoms with E-state index in [1.54, 1.807) is 43.3 Å². The maximum atomic E-state index is 11.2. The molecule has 0 amide bonds. The van der Waals surface area contributed by atoms with Crippen molar-refractivity contribution in [3.05, 3.63) is 55.5 Å². The summed E-state index contributed by atoms with van der Waals surface area (Å²) in [7, 11) is 0. The molecular formula is C19H13Br2Cl2NO4. The molecule has 0 aliphatic rings. The summed E-state index contributed by atoms with van der Waals surface area (Å²) in [5, 5.41) is 10.7. The Bertz CT molecular complexity index is 1040. The molecular weight excluding hydrogens is 537 g/mol. The Morgan fingerprint density at radius 1 is 1.14 bits per heavy atom. The smallest absolute Gasteiger partial charge is 0.344 e. The number of benzene rings is 2. The highest BCUT2D eigenvalue weighted by molar-refractivity contribution is 9.11. The number of hydrogen-bond acceptors (Lipinski definition) is 4. The van der Waals surface area contributed by atoms with Crippen molar-refractivity contribution in [2.75, 3.05) is 0 Å². The van der Waals surface area contributed by atoms with Gasteiger partial charge in [-0.25, -0.2) is 9.78 Å². The quantitative estimate of drug-likeness (QED) is 0.332. The van der Waals surface area contributed by atoms with Crippen LogP contribution in [-0.4, -0.2) is 22.2 Å². The lowest BCUT2D eigenvalue weighted by atomic mass is 10.2. The maximum Gasteiger partial charge on any atom is 0.344 e. The molecule has 0 spiro atoms. The Kier molecular flexibility index (Phi) is 6.70. The molecule has 0 saturated heterocycles. The summed E-state index contributed by atoms with van der Waals surface area (Å²) < 4.78 is 12.7. The molecule has 5 nitrogen and oxygen atoms in total. The first kappa shape index (κ1) is 21.2.